The van der Waals surface area contributed by atoms with Gasteiger partial charge in [-0.25, -0.2) is 8.78 Å². The topological polar surface area (TPSA) is 15.7 Å². The molecule has 0 N–H and O–H groups in total. The van der Waals surface area contributed by atoms with Crippen molar-refractivity contribution in [2.45, 2.75) is 58.7 Å². The minimum atomic E-state index is -0.804. The van der Waals surface area contributed by atoms with Crippen LogP contribution in [0.2, 0.25) is 0 Å². The average molecular weight is 589 g/mol. The molecular formula is C38H50F2N2O. The maximum absolute atomic E-state index is 13.5. The Hall–Kier alpha value is -3.38. The standard InChI is InChI=1S/C15H21N.C12H15F2N.C11H14O/c1-12(2)13-6-8-14(9-7-13)15(16(3)4)10-5-11-15;1-8(2)10-6-5-9(7-15(3)4)11(13)12(10)14;1-9(2)11-6-4-10(5-7-11)8-12-3/h6-9H,1,5,10-11H2,2-4H3;5-6H,1,7H2,2-4H3;4-7H,1,8H2,2-3H3. The summed E-state index contributed by atoms with van der Waals surface area (Å²) in [4.78, 5) is 4.16. The number of nitrogens with zero attached hydrogens (tertiary/aromatic N) is 2. The van der Waals surface area contributed by atoms with Crippen molar-refractivity contribution in [3.8, 4) is 0 Å². The summed E-state index contributed by atoms with van der Waals surface area (Å²) in [5.41, 5.74) is 8.76. The van der Waals surface area contributed by atoms with Crippen molar-refractivity contribution in [1.29, 1.82) is 0 Å². The molecule has 232 valence electrons. The number of methoxy groups -OCH3 is 1. The van der Waals surface area contributed by atoms with Crippen LogP contribution in [0.15, 0.2) is 80.4 Å². The molecule has 0 atom stereocenters. The van der Waals surface area contributed by atoms with Gasteiger partial charge in [-0.3, -0.25) is 4.90 Å². The third-order valence-corrected chi connectivity index (χ3v) is 7.82. The summed E-state index contributed by atoms with van der Waals surface area (Å²) in [6, 6.07) is 20.4. The van der Waals surface area contributed by atoms with Crippen LogP contribution in [0, 0.1) is 11.6 Å². The number of allylic oxidation sites excluding steroid dienone is 3. The lowest BCUT2D eigenvalue weighted by atomic mass is 9.71. The molecule has 0 unspecified atom stereocenters. The maximum Gasteiger partial charge on any atom is 0.166 e. The van der Waals surface area contributed by atoms with Crippen LogP contribution in [0.5, 0.6) is 0 Å². The first-order valence-electron chi connectivity index (χ1n) is 14.7. The van der Waals surface area contributed by atoms with Crippen LogP contribution in [0.3, 0.4) is 0 Å². The van der Waals surface area contributed by atoms with Crippen molar-refractivity contribution in [2.75, 3.05) is 35.3 Å². The van der Waals surface area contributed by atoms with Crippen LogP contribution >= 0.6 is 0 Å². The SMILES string of the molecule is C=C(C)c1ccc(C2(N(C)C)CCC2)cc1.C=C(C)c1ccc(CN(C)C)c(F)c1F.C=C(C)c1ccc(COC)cc1. The average Bonchev–Trinajstić information content (AvgIpc) is 2.92. The minimum absolute atomic E-state index is 0.245. The van der Waals surface area contributed by atoms with Gasteiger partial charge in [0.15, 0.2) is 11.6 Å². The van der Waals surface area contributed by atoms with Crippen molar-refractivity contribution < 1.29 is 13.5 Å². The predicted molar refractivity (Wildman–Crippen MR) is 181 cm³/mol. The van der Waals surface area contributed by atoms with E-state index in [1.54, 1.807) is 31.1 Å². The summed E-state index contributed by atoms with van der Waals surface area (Å²) in [6.45, 7) is 18.2. The van der Waals surface area contributed by atoms with Crippen molar-refractivity contribution in [3.63, 3.8) is 0 Å². The monoisotopic (exact) mass is 588 g/mol. The minimum Gasteiger partial charge on any atom is -0.380 e. The van der Waals surface area contributed by atoms with Crippen molar-refractivity contribution in [1.82, 2.24) is 9.80 Å². The zero-order chi connectivity index (χ0) is 32.3. The van der Waals surface area contributed by atoms with Crippen molar-refractivity contribution in [3.05, 3.63) is 125 Å². The highest BCUT2D eigenvalue weighted by molar-refractivity contribution is 5.63. The summed E-state index contributed by atoms with van der Waals surface area (Å²) in [5.74, 6) is -1.58. The lowest BCUT2D eigenvalue weighted by molar-refractivity contribution is 0.0577. The lowest BCUT2D eigenvalue weighted by Crippen LogP contribution is -2.47. The molecule has 1 aliphatic carbocycles. The molecule has 1 saturated carbocycles. The summed E-state index contributed by atoms with van der Waals surface area (Å²) in [5, 5.41) is 0. The van der Waals surface area contributed by atoms with E-state index >= 15 is 0 Å². The van der Waals surface area contributed by atoms with Gasteiger partial charge in [0.2, 0.25) is 0 Å². The molecule has 1 fully saturated rings. The molecule has 0 heterocycles. The molecular weight excluding hydrogens is 538 g/mol. The molecule has 3 aromatic carbocycles. The maximum atomic E-state index is 13.5. The first-order chi connectivity index (χ1) is 20.2. The van der Waals surface area contributed by atoms with Crippen molar-refractivity contribution >= 4 is 16.7 Å². The largest absolute Gasteiger partial charge is 0.380 e. The molecule has 0 aliphatic heterocycles. The van der Waals surface area contributed by atoms with Gasteiger partial charge in [-0.05, 0) is 96.1 Å². The normalized spacial score (nSPS) is 13.3. The smallest absolute Gasteiger partial charge is 0.166 e. The fraction of sp³-hybridized carbons (Fsp3) is 0.368. The van der Waals surface area contributed by atoms with Gasteiger partial charge in [0, 0.05) is 30.3 Å². The lowest BCUT2D eigenvalue weighted by Gasteiger charge is -2.48. The molecule has 0 amide bonds. The van der Waals surface area contributed by atoms with Gasteiger partial charge < -0.3 is 9.64 Å². The third-order valence-electron chi connectivity index (χ3n) is 7.82. The Bertz CT molecular complexity index is 1370. The van der Waals surface area contributed by atoms with Crippen LogP contribution in [0.1, 0.15) is 73.4 Å². The zero-order valence-corrected chi connectivity index (χ0v) is 27.5. The Morgan fingerprint density at radius 1 is 0.744 bits per heavy atom. The molecule has 3 nitrogen and oxygen atoms in total. The van der Waals surface area contributed by atoms with Crippen LogP contribution in [0.25, 0.3) is 16.7 Å². The molecule has 0 aromatic heterocycles. The molecule has 0 radical (unpaired) electrons. The van der Waals surface area contributed by atoms with Crippen LogP contribution in [-0.4, -0.2) is 45.1 Å². The van der Waals surface area contributed by atoms with Crippen LogP contribution in [-0.2, 0) is 23.4 Å². The molecule has 0 bridgehead atoms. The number of halogens is 2. The van der Waals surface area contributed by atoms with E-state index in [1.807, 2.05) is 21.0 Å². The van der Waals surface area contributed by atoms with Crippen LogP contribution < -0.4 is 0 Å². The molecule has 43 heavy (non-hydrogen) atoms. The fourth-order valence-corrected chi connectivity index (χ4v) is 5.00. The fourth-order valence-electron chi connectivity index (χ4n) is 5.00. The number of hydrogen-bond acceptors (Lipinski definition) is 3. The van der Waals surface area contributed by atoms with E-state index in [2.05, 4.69) is 94.2 Å². The highest BCUT2D eigenvalue weighted by Crippen LogP contribution is 2.45. The van der Waals surface area contributed by atoms with Gasteiger partial charge in [-0.15, -0.1) is 0 Å². The Balaban J connectivity index is 0.000000228. The third kappa shape index (κ3) is 9.82. The van der Waals surface area contributed by atoms with E-state index < -0.39 is 11.6 Å². The zero-order valence-electron chi connectivity index (χ0n) is 27.5. The Morgan fingerprint density at radius 3 is 1.63 bits per heavy atom. The van der Waals surface area contributed by atoms with E-state index in [9.17, 15) is 8.78 Å². The van der Waals surface area contributed by atoms with Gasteiger partial charge in [0.05, 0.1) is 6.61 Å². The second-order valence-corrected chi connectivity index (χ2v) is 12.0. The highest BCUT2D eigenvalue weighted by Gasteiger charge is 2.40. The van der Waals surface area contributed by atoms with E-state index in [0.717, 1.165) is 11.1 Å². The first kappa shape index (κ1) is 35.8. The predicted octanol–water partition coefficient (Wildman–Crippen LogP) is 9.59. The van der Waals surface area contributed by atoms with Gasteiger partial charge in [-0.1, -0.05) is 91.5 Å². The quantitative estimate of drug-likeness (QED) is 0.248. The molecule has 3 aromatic rings. The van der Waals surface area contributed by atoms with Gasteiger partial charge in [-0.2, -0.15) is 0 Å². The van der Waals surface area contributed by atoms with E-state index in [1.165, 1.54) is 41.5 Å². The second-order valence-electron chi connectivity index (χ2n) is 12.0. The van der Waals surface area contributed by atoms with Crippen molar-refractivity contribution in [2.24, 2.45) is 0 Å². The summed E-state index contributed by atoms with van der Waals surface area (Å²) >= 11 is 0. The first-order valence-corrected chi connectivity index (χ1v) is 14.7. The van der Waals surface area contributed by atoms with Gasteiger partial charge >= 0.3 is 0 Å². The molecule has 0 saturated heterocycles. The van der Waals surface area contributed by atoms with Gasteiger partial charge in [0.25, 0.3) is 0 Å². The molecule has 4 rings (SSSR count). The molecule has 1 aliphatic rings. The van der Waals surface area contributed by atoms with E-state index in [0.29, 0.717) is 29.8 Å². The van der Waals surface area contributed by atoms with E-state index in [4.69, 9.17) is 4.74 Å². The second kappa shape index (κ2) is 16.5. The van der Waals surface area contributed by atoms with Crippen LogP contribution in [0.4, 0.5) is 8.78 Å². The summed E-state index contributed by atoms with van der Waals surface area (Å²) in [7, 11) is 9.69. The Labute approximate surface area is 259 Å². The molecule has 0 spiro atoms. The van der Waals surface area contributed by atoms with E-state index in [-0.39, 0.29) is 5.56 Å². The Kier molecular flexibility index (Phi) is 13.7. The summed E-state index contributed by atoms with van der Waals surface area (Å²) < 4.78 is 32.1. The number of hydrogen-bond donors (Lipinski definition) is 0. The van der Waals surface area contributed by atoms with Gasteiger partial charge in [0.1, 0.15) is 0 Å². The molecule has 5 heteroatoms. The summed E-state index contributed by atoms with van der Waals surface area (Å²) in [6.07, 6.45) is 3.92. The number of benzene rings is 3. The number of rotatable bonds is 9. The highest BCUT2D eigenvalue weighted by atomic mass is 19.2. The Morgan fingerprint density at radius 2 is 1.26 bits per heavy atom. The number of ether oxygens (including phenoxy) is 1.